The fourth-order valence-corrected chi connectivity index (χ4v) is 4.93. The summed E-state index contributed by atoms with van der Waals surface area (Å²) < 4.78 is 5.34. The molecule has 1 unspecified atom stereocenters. The first-order valence-electron chi connectivity index (χ1n) is 15.4. The number of anilines is 2. The lowest BCUT2D eigenvalue weighted by molar-refractivity contribution is 0.0635. The molecule has 0 radical (unpaired) electrons. The molecule has 240 valence electrons. The Morgan fingerprint density at radius 1 is 0.889 bits per heavy atom. The fourth-order valence-electron chi connectivity index (χ4n) is 4.93. The van der Waals surface area contributed by atoms with E-state index >= 15 is 0 Å². The molecule has 1 aliphatic heterocycles. The number of ether oxygens (including phenoxy) is 1. The highest BCUT2D eigenvalue weighted by Gasteiger charge is 2.21. The molecule has 0 saturated carbocycles. The molecule has 0 spiro atoms. The zero-order valence-electron chi connectivity index (χ0n) is 26.6. The van der Waals surface area contributed by atoms with Crippen molar-refractivity contribution >= 4 is 29.4 Å². The van der Waals surface area contributed by atoms with Gasteiger partial charge < -0.3 is 30.5 Å². The average Bonchev–Trinajstić information content (AvgIpc) is 3.00. The van der Waals surface area contributed by atoms with Crippen LogP contribution in [0.15, 0.2) is 72.9 Å². The SMILES string of the molecule is CN1CCN(CCC(NC(=O)NCCc2ccccc2)c2ccc(C(=O)Nc3ccccc3NC(=O)OC(C)(C)C)nc2)CC1. The third-order valence-corrected chi connectivity index (χ3v) is 7.41. The van der Waals surface area contributed by atoms with Gasteiger partial charge in [-0.2, -0.15) is 0 Å². The monoisotopic (exact) mass is 615 g/mol. The van der Waals surface area contributed by atoms with Crippen LogP contribution in [0.25, 0.3) is 0 Å². The molecule has 11 heteroatoms. The summed E-state index contributed by atoms with van der Waals surface area (Å²) in [6.07, 6.45) is 2.46. The number of likely N-dealkylation sites (N-methyl/N-ethyl adjacent to an activating group) is 1. The van der Waals surface area contributed by atoms with E-state index < -0.39 is 17.6 Å². The van der Waals surface area contributed by atoms with E-state index in [9.17, 15) is 14.4 Å². The van der Waals surface area contributed by atoms with Crippen LogP contribution in [-0.4, -0.2) is 84.7 Å². The number of hydrogen-bond donors (Lipinski definition) is 4. The number of carbonyl (C=O) groups is 3. The molecule has 2 heterocycles. The zero-order chi connectivity index (χ0) is 32.2. The lowest BCUT2D eigenvalue weighted by atomic mass is 10.0. The van der Waals surface area contributed by atoms with E-state index in [-0.39, 0.29) is 17.8 Å². The van der Waals surface area contributed by atoms with Gasteiger partial charge in [-0.05, 0) is 70.0 Å². The Morgan fingerprint density at radius 2 is 1.56 bits per heavy atom. The second-order valence-corrected chi connectivity index (χ2v) is 12.2. The third kappa shape index (κ3) is 11.2. The topological polar surface area (TPSA) is 128 Å². The molecule has 4 N–H and O–H groups in total. The molecule has 2 aromatic carbocycles. The first-order chi connectivity index (χ1) is 21.6. The number of pyridine rings is 1. The Hall–Kier alpha value is -4.48. The molecule has 1 fully saturated rings. The maximum atomic E-state index is 13.1. The van der Waals surface area contributed by atoms with Gasteiger partial charge in [0.25, 0.3) is 5.91 Å². The summed E-state index contributed by atoms with van der Waals surface area (Å²) in [6.45, 7) is 10.7. The Bertz CT molecular complexity index is 1400. The summed E-state index contributed by atoms with van der Waals surface area (Å²) in [5.41, 5.74) is 2.34. The van der Waals surface area contributed by atoms with Gasteiger partial charge in [0.15, 0.2) is 0 Å². The minimum absolute atomic E-state index is 0.205. The van der Waals surface area contributed by atoms with Gasteiger partial charge in [-0.1, -0.05) is 48.5 Å². The normalized spacial score (nSPS) is 14.7. The predicted octanol–water partition coefficient (Wildman–Crippen LogP) is 4.90. The molecule has 0 aliphatic carbocycles. The van der Waals surface area contributed by atoms with Gasteiger partial charge in [0.2, 0.25) is 0 Å². The highest BCUT2D eigenvalue weighted by atomic mass is 16.6. The van der Waals surface area contributed by atoms with Crippen molar-refractivity contribution < 1.29 is 19.1 Å². The molecule has 45 heavy (non-hydrogen) atoms. The maximum absolute atomic E-state index is 13.1. The number of nitrogens with zero attached hydrogens (tertiary/aromatic N) is 3. The van der Waals surface area contributed by atoms with E-state index in [2.05, 4.69) is 43.1 Å². The Balaban J connectivity index is 1.39. The Morgan fingerprint density at radius 3 is 2.20 bits per heavy atom. The Labute approximate surface area is 265 Å². The van der Waals surface area contributed by atoms with Crippen LogP contribution in [0.4, 0.5) is 21.0 Å². The van der Waals surface area contributed by atoms with Crippen LogP contribution in [0.2, 0.25) is 0 Å². The van der Waals surface area contributed by atoms with E-state index in [1.807, 2.05) is 36.4 Å². The fraction of sp³-hybridized carbons (Fsp3) is 0.412. The number of rotatable bonds is 11. The predicted molar refractivity (Wildman–Crippen MR) is 176 cm³/mol. The number of urea groups is 1. The number of carbonyl (C=O) groups excluding carboxylic acids is 3. The third-order valence-electron chi connectivity index (χ3n) is 7.41. The van der Waals surface area contributed by atoms with Crippen molar-refractivity contribution in [2.24, 2.45) is 0 Å². The van der Waals surface area contributed by atoms with Crippen LogP contribution in [0.3, 0.4) is 0 Å². The van der Waals surface area contributed by atoms with Gasteiger partial charge >= 0.3 is 12.1 Å². The summed E-state index contributed by atoms with van der Waals surface area (Å²) in [6, 6.07) is 19.8. The van der Waals surface area contributed by atoms with Gasteiger partial charge in [0.1, 0.15) is 11.3 Å². The number of aromatic nitrogens is 1. The standard InChI is InChI=1S/C34H45N7O4/c1-34(2,3)45-33(44)39-29-13-9-8-12-28(29)37-31(42)30-15-14-26(24-36-30)27(17-19-41-22-20-40(4)21-23-41)38-32(43)35-18-16-25-10-6-5-7-11-25/h5-15,24,27H,16-23H2,1-4H3,(H,37,42)(H,39,44)(H2,35,38,43). The van der Waals surface area contributed by atoms with Crippen molar-refractivity contribution in [3.63, 3.8) is 0 Å². The zero-order valence-corrected chi connectivity index (χ0v) is 26.6. The van der Waals surface area contributed by atoms with E-state index in [4.69, 9.17) is 4.74 Å². The summed E-state index contributed by atoms with van der Waals surface area (Å²) in [5.74, 6) is -0.430. The number of benzene rings is 2. The molecule has 4 rings (SSSR count). The van der Waals surface area contributed by atoms with Gasteiger partial charge in [-0.15, -0.1) is 0 Å². The molecular weight excluding hydrogens is 570 g/mol. The van der Waals surface area contributed by atoms with E-state index in [1.54, 1.807) is 57.3 Å². The van der Waals surface area contributed by atoms with Crippen LogP contribution >= 0.6 is 0 Å². The average molecular weight is 616 g/mol. The molecule has 3 aromatic rings. The number of hydrogen-bond acceptors (Lipinski definition) is 7. The van der Waals surface area contributed by atoms with E-state index in [0.29, 0.717) is 24.3 Å². The number of piperazine rings is 1. The summed E-state index contributed by atoms with van der Waals surface area (Å²) >= 11 is 0. The molecule has 4 amide bonds. The van der Waals surface area contributed by atoms with Crippen molar-refractivity contribution in [2.45, 2.75) is 45.3 Å². The highest BCUT2D eigenvalue weighted by Crippen LogP contribution is 2.23. The molecule has 1 saturated heterocycles. The highest BCUT2D eigenvalue weighted by molar-refractivity contribution is 6.05. The number of nitrogens with one attached hydrogen (secondary N) is 4. The van der Waals surface area contributed by atoms with Crippen LogP contribution in [0, 0.1) is 0 Å². The lowest BCUT2D eigenvalue weighted by Gasteiger charge is -2.33. The van der Waals surface area contributed by atoms with Crippen molar-refractivity contribution in [3.05, 3.63) is 89.7 Å². The second kappa shape index (κ2) is 16.0. The number of para-hydroxylation sites is 2. The van der Waals surface area contributed by atoms with Crippen LogP contribution in [0.1, 0.15) is 54.8 Å². The minimum Gasteiger partial charge on any atom is -0.444 e. The molecule has 0 bridgehead atoms. The van der Waals surface area contributed by atoms with Gasteiger partial charge in [-0.3, -0.25) is 15.1 Å². The first-order valence-corrected chi connectivity index (χ1v) is 15.4. The van der Waals surface area contributed by atoms with Crippen LogP contribution in [0.5, 0.6) is 0 Å². The summed E-state index contributed by atoms with van der Waals surface area (Å²) in [4.78, 5) is 47.5. The summed E-state index contributed by atoms with van der Waals surface area (Å²) in [5, 5.41) is 11.6. The molecule has 11 nitrogen and oxygen atoms in total. The van der Waals surface area contributed by atoms with Crippen molar-refractivity contribution in [2.75, 3.05) is 56.9 Å². The molecule has 1 aliphatic rings. The van der Waals surface area contributed by atoms with Crippen molar-refractivity contribution in [3.8, 4) is 0 Å². The molecule has 1 aromatic heterocycles. The van der Waals surface area contributed by atoms with E-state index in [1.165, 1.54) is 0 Å². The lowest BCUT2D eigenvalue weighted by Crippen LogP contribution is -2.46. The van der Waals surface area contributed by atoms with Crippen molar-refractivity contribution in [1.29, 1.82) is 0 Å². The Kier molecular flexibility index (Phi) is 11.9. The van der Waals surface area contributed by atoms with Gasteiger partial charge in [0, 0.05) is 45.5 Å². The number of amides is 4. The van der Waals surface area contributed by atoms with Gasteiger partial charge in [-0.25, -0.2) is 9.59 Å². The van der Waals surface area contributed by atoms with Crippen LogP contribution < -0.4 is 21.3 Å². The van der Waals surface area contributed by atoms with E-state index in [0.717, 1.165) is 50.3 Å². The van der Waals surface area contributed by atoms with Gasteiger partial charge in [0.05, 0.1) is 17.4 Å². The quantitative estimate of drug-likeness (QED) is 0.242. The summed E-state index contributed by atoms with van der Waals surface area (Å²) in [7, 11) is 2.13. The molecular formula is C34H45N7O4. The largest absolute Gasteiger partial charge is 0.444 e. The first kappa shape index (κ1) is 33.4. The minimum atomic E-state index is -0.659. The molecule has 1 atom stereocenters. The van der Waals surface area contributed by atoms with Crippen molar-refractivity contribution in [1.82, 2.24) is 25.4 Å². The second-order valence-electron chi connectivity index (χ2n) is 12.2. The smallest absolute Gasteiger partial charge is 0.412 e. The van der Waals surface area contributed by atoms with Crippen LogP contribution in [-0.2, 0) is 11.2 Å². The maximum Gasteiger partial charge on any atom is 0.412 e.